The lowest BCUT2D eigenvalue weighted by molar-refractivity contribution is 0.562. The Kier molecular flexibility index (Phi) is 2.11. The van der Waals surface area contributed by atoms with E-state index in [1.807, 2.05) is 0 Å². The van der Waals surface area contributed by atoms with Crippen molar-refractivity contribution in [3.8, 4) is 11.5 Å². The Hall–Kier alpha value is -1.62. The average Bonchev–Trinajstić information content (AvgIpc) is 2.76. The number of aryl methyl sites for hydroxylation is 1. The smallest absolute Gasteiger partial charge is 0.191 e. The maximum Gasteiger partial charge on any atom is 0.191 e. The van der Waals surface area contributed by atoms with Gasteiger partial charge in [-0.3, -0.25) is 0 Å². The molecule has 0 amide bonds. The SMILES string of the molecule is Cc1ccc2c3nnc4n(c-3nc2c1)CCCS4. The first kappa shape index (κ1) is 10.3. The minimum atomic E-state index is 0.927. The average molecular weight is 256 g/mol. The molecule has 1 aromatic rings. The van der Waals surface area contributed by atoms with Crippen LogP contribution < -0.4 is 0 Å². The Bertz CT molecular complexity index is 719. The summed E-state index contributed by atoms with van der Waals surface area (Å²) >= 11 is 1.77. The Morgan fingerprint density at radius 1 is 1.28 bits per heavy atom. The summed E-state index contributed by atoms with van der Waals surface area (Å²) in [5.41, 5.74) is 3.18. The van der Waals surface area contributed by atoms with E-state index < -0.39 is 0 Å². The van der Waals surface area contributed by atoms with Crippen LogP contribution in [-0.4, -0.2) is 25.5 Å². The lowest BCUT2D eigenvalue weighted by Gasteiger charge is -2.18. The van der Waals surface area contributed by atoms with Gasteiger partial charge in [-0.05, 0) is 25.0 Å². The molecular formula is C13H12N4S. The molecule has 3 aliphatic heterocycles. The number of fused-ring (bicyclic) bond motifs is 5. The highest BCUT2D eigenvalue weighted by atomic mass is 32.2. The van der Waals surface area contributed by atoms with E-state index in [0.717, 1.165) is 39.9 Å². The van der Waals surface area contributed by atoms with Crippen molar-refractivity contribution < 1.29 is 0 Å². The summed E-state index contributed by atoms with van der Waals surface area (Å²) in [7, 11) is 0. The third-order valence-corrected chi connectivity index (χ3v) is 4.38. The predicted molar refractivity (Wildman–Crippen MR) is 72.0 cm³/mol. The van der Waals surface area contributed by atoms with Crippen LogP contribution in [0.3, 0.4) is 0 Å². The van der Waals surface area contributed by atoms with E-state index in [1.165, 1.54) is 12.0 Å². The summed E-state index contributed by atoms with van der Waals surface area (Å²) in [5.74, 6) is 2.10. The fourth-order valence-corrected chi connectivity index (χ4v) is 3.33. The van der Waals surface area contributed by atoms with Gasteiger partial charge in [0.1, 0.15) is 5.69 Å². The van der Waals surface area contributed by atoms with Crippen LogP contribution in [-0.2, 0) is 6.54 Å². The van der Waals surface area contributed by atoms with E-state index >= 15 is 0 Å². The Morgan fingerprint density at radius 2 is 2.22 bits per heavy atom. The summed E-state index contributed by atoms with van der Waals surface area (Å²) in [6.07, 6.45) is 1.17. The van der Waals surface area contributed by atoms with Crippen LogP contribution in [0.15, 0.2) is 23.4 Å². The van der Waals surface area contributed by atoms with Crippen molar-refractivity contribution in [1.82, 2.24) is 19.7 Å². The second-order valence-corrected chi connectivity index (χ2v) is 5.70. The van der Waals surface area contributed by atoms with E-state index in [-0.39, 0.29) is 0 Å². The molecule has 5 heteroatoms. The zero-order valence-corrected chi connectivity index (χ0v) is 10.9. The Morgan fingerprint density at radius 3 is 3.17 bits per heavy atom. The van der Waals surface area contributed by atoms with Crippen LogP contribution in [0, 0.1) is 6.92 Å². The molecule has 1 aromatic carbocycles. The number of thioether (sulfide) groups is 1. The van der Waals surface area contributed by atoms with Gasteiger partial charge in [-0.1, -0.05) is 23.9 Å². The lowest BCUT2D eigenvalue weighted by Crippen LogP contribution is -2.15. The molecule has 0 saturated heterocycles. The summed E-state index contributed by atoms with van der Waals surface area (Å²) in [6.45, 7) is 3.08. The molecule has 18 heavy (non-hydrogen) atoms. The summed E-state index contributed by atoms with van der Waals surface area (Å²) in [4.78, 5) is 4.74. The van der Waals surface area contributed by atoms with Crippen LogP contribution in [0.5, 0.6) is 0 Å². The van der Waals surface area contributed by atoms with Crippen LogP contribution in [0.4, 0.5) is 0 Å². The van der Waals surface area contributed by atoms with Crippen molar-refractivity contribution >= 4 is 22.7 Å². The van der Waals surface area contributed by atoms with Gasteiger partial charge in [0.2, 0.25) is 0 Å². The van der Waals surface area contributed by atoms with E-state index in [1.54, 1.807) is 11.8 Å². The monoisotopic (exact) mass is 256 g/mol. The summed E-state index contributed by atoms with van der Waals surface area (Å²) in [6, 6.07) is 6.31. The molecule has 3 aliphatic rings. The zero-order chi connectivity index (χ0) is 12.1. The lowest BCUT2D eigenvalue weighted by atomic mass is 10.1. The molecule has 90 valence electrons. The van der Waals surface area contributed by atoms with Gasteiger partial charge in [-0.25, -0.2) is 4.98 Å². The number of rotatable bonds is 0. The number of aromatic nitrogens is 4. The van der Waals surface area contributed by atoms with E-state index in [4.69, 9.17) is 4.98 Å². The van der Waals surface area contributed by atoms with E-state index in [0.29, 0.717) is 0 Å². The second-order valence-electron chi connectivity index (χ2n) is 4.64. The largest absolute Gasteiger partial charge is 0.302 e. The topological polar surface area (TPSA) is 43.6 Å². The molecule has 0 fully saturated rings. The summed E-state index contributed by atoms with van der Waals surface area (Å²) in [5, 5.41) is 10.8. The molecule has 0 atom stereocenters. The van der Waals surface area contributed by atoms with Crippen molar-refractivity contribution in [3.05, 3.63) is 23.8 Å². The van der Waals surface area contributed by atoms with Gasteiger partial charge in [0, 0.05) is 17.7 Å². The maximum atomic E-state index is 4.74. The highest BCUT2D eigenvalue weighted by Gasteiger charge is 2.22. The molecule has 0 saturated carbocycles. The fourth-order valence-electron chi connectivity index (χ4n) is 2.44. The first-order chi connectivity index (χ1) is 8.83. The van der Waals surface area contributed by atoms with Gasteiger partial charge in [-0.15, -0.1) is 10.2 Å². The first-order valence-electron chi connectivity index (χ1n) is 6.09. The highest BCUT2D eigenvalue weighted by molar-refractivity contribution is 7.99. The van der Waals surface area contributed by atoms with E-state index in [9.17, 15) is 0 Å². The number of benzene rings is 1. The van der Waals surface area contributed by atoms with Crippen LogP contribution >= 0.6 is 11.8 Å². The minimum absolute atomic E-state index is 0.927. The van der Waals surface area contributed by atoms with Crippen LogP contribution in [0.2, 0.25) is 0 Å². The second kappa shape index (κ2) is 3.68. The molecule has 0 bridgehead atoms. The molecule has 3 heterocycles. The third-order valence-electron chi connectivity index (χ3n) is 3.33. The Balaban J connectivity index is 2.09. The minimum Gasteiger partial charge on any atom is -0.302 e. The van der Waals surface area contributed by atoms with Crippen molar-refractivity contribution in [1.29, 1.82) is 0 Å². The van der Waals surface area contributed by atoms with Gasteiger partial charge in [0.25, 0.3) is 0 Å². The number of hydrogen-bond donors (Lipinski definition) is 0. The van der Waals surface area contributed by atoms with E-state index in [2.05, 4.69) is 39.9 Å². The Labute approximate surface area is 109 Å². The normalized spacial score (nSPS) is 15.2. The predicted octanol–water partition coefficient (Wildman–Crippen LogP) is 2.74. The molecule has 4 rings (SSSR count). The van der Waals surface area contributed by atoms with Crippen LogP contribution in [0.25, 0.3) is 22.4 Å². The molecule has 0 radical (unpaired) electrons. The number of hydrogen-bond acceptors (Lipinski definition) is 4. The van der Waals surface area contributed by atoms with Crippen LogP contribution in [0.1, 0.15) is 12.0 Å². The highest BCUT2D eigenvalue weighted by Crippen LogP contribution is 2.33. The van der Waals surface area contributed by atoms with Gasteiger partial charge in [0.05, 0.1) is 5.52 Å². The van der Waals surface area contributed by atoms with Crippen molar-refractivity contribution in [2.24, 2.45) is 0 Å². The molecule has 0 unspecified atom stereocenters. The summed E-state index contributed by atoms with van der Waals surface area (Å²) < 4.78 is 2.20. The molecule has 0 N–H and O–H groups in total. The maximum absolute atomic E-state index is 4.74. The third kappa shape index (κ3) is 1.37. The van der Waals surface area contributed by atoms with Crippen molar-refractivity contribution in [3.63, 3.8) is 0 Å². The van der Waals surface area contributed by atoms with Gasteiger partial charge < -0.3 is 4.57 Å². The zero-order valence-electron chi connectivity index (χ0n) is 10.1. The molecule has 0 aliphatic carbocycles. The van der Waals surface area contributed by atoms with Gasteiger partial charge >= 0.3 is 0 Å². The first-order valence-corrected chi connectivity index (χ1v) is 7.07. The molecule has 0 aromatic heterocycles. The molecule has 4 nitrogen and oxygen atoms in total. The van der Waals surface area contributed by atoms with Gasteiger partial charge in [0.15, 0.2) is 11.0 Å². The fraction of sp³-hybridized carbons (Fsp3) is 0.308. The van der Waals surface area contributed by atoms with Gasteiger partial charge in [-0.2, -0.15) is 0 Å². The quantitative estimate of drug-likeness (QED) is 0.620. The standard InChI is InChI=1S/C13H12N4S/c1-8-3-4-9-10(7-8)14-12-11(9)15-16-13-17(12)5-2-6-18-13/h3-4,7H,2,5-6H2,1H3. The molecule has 0 spiro atoms. The molecular weight excluding hydrogens is 244 g/mol. The van der Waals surface area contributed by atoms with Crippen molar-refractivity contribution in [2.45, 2.75) is 25.0 Å². The van der Waals surface area contributed by atoms with Crippen molar-refractivity contribution in [2.75, 3.05) is 5.75 Å². The number of nitrogens with zero attached hydrogens (tertiary/aromatic N) is 4.